The van der Waals surface area contributed by atoms with Crippen molar-refractivity contribution in [3.8, 4) is 11.4 Å². The number of benzene rings is 2. The minimum atomic E-state index is -0.209. The molecule has 2 aromatic heterocycles. The van der Waals surface area contributed by atoms with Crippen molar-refractivity contribution in [2.45, 2.75) is 13.3 Å². The Hall–Kier alpha value is -3.41. The van der Waals surface area contributed by atoms with E-state index < -0.39 is 0 Å². The van der Waals surface area contributed by atoms with Crippen molar-refractivity contribution in [2.75, 3.05) is 13.6 Å². The summed E-state index contributed by atoms with van der Waals surface area (Å²) >= 11 is 0. The number of imidazole rings is 1. The van der Waals surface area contributed by atoms with E-state index in [-0.39, 0.29) is 11.5 Å². The Morgan fingerprint density at radius 1 is 1.15 bits per heavy atom. The number of hydrogen-bond acceptors (Lipinski definition) is 3. The van der Waals surface area contributed by atoms with Crippen LogP contribution in [-0.4, -0.2) is 38.8 Å². The van der Waals surface area contributed by atoms with Gasteiger partial charge in [0.25, 0.3) is 11.5 Å². The number of hydrogen-bond donors (Lipinski definition) is 1. The Balaban J connectivity index is 1.98. The van der Waals surface area contributed by atoms with Crippen molar-refractivity contribution in [1.29, 1.82) is 0 Å². The summed E-state index contributed by atoms with van der Waals surface area (Å²) in [5.74, 6) is 0.632. The molecular weight excluding hydrogens is 340 g/mol. The molecule has 0 aliphatic carbocycles. The molecule has 4 aromatic rings. The van der Waals surface area contributed by atoms with Crippen molar-refractivity contribution in [1.82, 2.24) is 19.3 Å². The van der Waals surface area contributed by atoms with E-state index in [0.29, 0.717) is 29.0 Å². The SMILES string of the molecule is CCCN(C)C(=O)c1ccc2[nH]c(=O)c3cnc(-c4ccccc4)n3c2c1. The molecular formula is C21H20N4O2. The van der Waals surface area contributed by atoms with Gasteiger partial charge in [0.05, 0.1) is 17.2 Å². The molecule has 0 aliphatic heterocycles. The number of fused-ring (bicyclic) bond motifs is 3. The average Bonchev–Trinajstić information content (AvgIpc) is 3.14. The first-order valence-corrected chi connectivity index (χ1v) is 8.94. The maximum Gasteiger partial charge on any atom is 0.274 e. The van der Waals surface area contributed by atoms with Crippen LogP contribution < -0.4 is 5.56 Å². The molecule has 2 aromatic carbocycles. The number of aromatic amines is 1. The van der Waals surface area contributed by atoms with Crippen LogP contribution in [0.2, 0.25) is 0 Å². The molecule has 1 N–H and O–H groups in total. The molecule has 0 fully saturated rings. The maximum atomic E-state index is 12.7. The number of carbonyl (C=O) groups excluding carboxylic acids is 1. The van der Waals surface area contributed by atoms with Crippen molar-refractivity contribution < 1.29 is 4.79 Å². The van der Waals surface area contributed by atoms with E-state index in [1.807, 2.05) is 47.7 Å². The summed E-state index contributed by atoms with van der Waals surface area (Å²) < 4.78 is 1.82. The third-order valence-corrected chi connectivity index (χ3v) is 4.67. The van der Waals surface area contributed by atoms with Crippen LogP contribution in [0.1, 0.15) is 23.7 Å². The average molecular weight is 360 g/mol. The summed E-state index contributed by atoms with van der Waals surface area (Å²) in [5.41, 5.74) is 3.14. The van der Waals surface area contributed by atoms with Gasteiger partial charge in [-0.05, 0) is 24.6 Å². The van der Waals surface area contributed by atoms with E-state index in [1.54, 1.807) is 30.3 Å². The summed E-state index contributed by atoms with van der Waals surface area (Å²) in [5, 5.41) is 0. The molecule has 0 aliphatic rings. The number of H-pyrrole nitrogens is 1. The van der Waals surface area contributed by atoms with Gasteiger partial charge in [0, 0.05) is 24.7 Å². The van der Waals surface area contributed by atoms with Crippen molar-refractivity contribution >= 4 is 22.5 Å². The van der Waals surface area contributed by atoms with Crippen molar-refractivity contribution in [2.24, 2.45) is 0 Å². The topological polar surface area (TPSA) is 70.5 Å². The number of rotatable bonds is 4. The number of amides is 1. The lowest BCUT2D eigenvalue weighted by Crippen LogP contribution is -2.27. The largest absolute Gasteiger partial charge is 0.342 e. The zero-order chi connectivity index (χ0) is 19.0. The van der Waals surface area contributed by atoms with E-state index in [4.69, 9.17) is 0 Å². The predicted octanol–water partition coefficient (Wildman–Crippen LogP) is 3.32. The third-order valence-electron chi connectivity index (χ3n) is 4.67. The summed E-state index contributed by atoms with van der Waals surface area (Å²) in [6.07, 6.45) is 2.46. The summed E-state index contributed by atoms with van der Waals surface area (Å²) in [6.45, 7) is 2.73. The molecule has 0 spiro atoms. The van der Waals surface area contributed by atoms with E-state index in [0.717, 1.165) is 17.5 Å². The van der Waals surface area contributed by atoms with Crippen LogP contribution >= 0.6 is 0 Å². The smallest absolute Gasteiger partial charge is 0.274 e. The van der Waals surface area contributed by atoms with Gasteiger partial charge < -0.3 is 9.88 Å². The quantitative estimate of drug-likeness (QED) is 0.607. The molecule has 0 unspecified atom stereocenters. The monoisotopic (exact) mass is 360 g/mol. The fraction of sp³-hybridized carbons (Fsp3) is 0.190. The first kappa shape index (κ1) is 17.0. The normalized spacial score (nSPS) is 11.2. The maximum absolute atomic E-state index is 12.7. The van der Waals surface area contributed by atoms with Gasteiger partial charge in [-0.3, -0.25) is 14.0 Å². The molecule has 136 valence electrons. The highest BCUT2D eigenvalue weighted by atomic mass is 16.2. The lowest BCUT2D eigenvalue weighted by Gasteiger charge is -2.16. The van der Waals surface area contributed by atoms with Gasteiger partial charge in [-0.15, -0.1) is 0 Å². The van der Waals surface area contributed by atoms with Gasteiger partial charge in [-0.2, -0.15) is 0 Å². The van der Waals surface area contributed by atoms with E-state index in [2.05, 4.69) is 9.97 Å². The standard InChI is InChI=1S/C21H20N4O2/c1-3-11-24(2)21(27)15-9-10-16-17(12-15)25-18(20(26)23-16)13-22-19(25)14-7-5-4-6-8-14/h4-10,12-13H,3,11H2,1-2H3,(H,23,26). The summed E-state index contributed by atoms with van der Waals surface area (Å²) in [6, 6.07) is 15.0. The number of nitrogens with zero attached hydrogens (tertiary/aromatic N) is 3. The molecule has 0 saturated carbocycles. The van der Waals surface area contributed by atoms with Gasteiger partial charge in [-0.25, -0.2) is 4.98 Å². The molecule has 6 heteroatoms. The molecule has 0 bridgehead atoms. The Bertz CT molecular complexity index is 1190. The first-order chi connectivity index (χ1) is 13.1. The van der Waals surface area contributed by atoms with Gasteiger partial charge >= 0.3 is 0 Å². The molecule has 0 atom stereocenters. The Morgan fingerprint density at radius 3 is 2.67 bits per heavy atom. The Labute approximate surface area is 156 Å². The number of aromatic nitrogens is 3. The van der Waals surface area contributed by atoms with Gasteiger partial charge in [-0.1, -0.05) is 37.3 Å². The highest BCUT2D eigenvalue weighted by Crippen LogP contribution is 2.23. The highest BCUT2D eigenvalue weighted by Gasteiger charge is 2.16. The van der Waals surface area contributed by atoms with Gasteiger partial charge in [0.1, 0.15) is 11.3 Å². The fourth-order valence-corrected chi connectivity index (χ4v) is 3.35. The predicted molar refractivity (Wildman–Crippen MR) is 106 cm³/mol. The molecule has 2 heterocycles. The second kappa shape index (κ2) is 6.72. The second-order valence-electron chi connectivity index (χ2n) is 6.58. The zero-order valence-corrected chi connectivity index (χ0v) is 15.3. The van der Waals surface area contributed by atoms with Crippen LogP contribution in [-0.2, 0) is 0 Å². The highest BCUT2D eigenvalue weighted by molar-refractivity contribution is 5.97. The van der Waals surface area contributed by atoms with E-state index in [1.165, 1.54) is 0 Å². The summed E-state index contributed by atoms with van der Waals surface area (Å²) in [7, 11) is 1.80. The molecule has 0 radical (unpaired) electrons. The van der Waals surface area contributed by atoms with Gasteiger partial charge in [0.2, 0.25) is 0 Å². The van der Waals surface area contributed by atoms with Crippen molar-refractivity contribution in [3.05, 3.63) is 70.6 Å². The third kappa shape index (κ3) is 2.89. The van der Waals surface area contributed by atoms with Crippen LogP contribution in [0.15, 0.2) is 59.5 Å². The summed E-state index contributed by atoms with van der Waals surface area (Å²) in [4.78, 5) is 34.2. The number of nitrogens with one attached hydrogen (secondary N) is 1. The molecule has 27 heavy (non-hydrogen) atoms. The van der Waals surface area contributed by atoms with Crippen LogP contribution in [0, 0.1) is 0 Å². The Morgan fingerprint density at radius 2 is 1.93 bits per heavy atom. The molecule has 6 nitrogen and oxygen atoms in total. The second-order valence-corrected chi connectivity index (χ2v) is 6.58. The minimum absolute atomic E-state index is 0.0422. The van der Waals surface area contributed by atoms with Crippen LogP contribution in [0.5, 0.6) is 0 Å². The Kier molecular flexibility index (Phi) is 4.24. The molecule has 4 rings (SSSR count). The number of carbonyl (C=O) groups is 1. The zero-order valence-electron chi connectivity index (χ0n) is 15.3. The molecule has 0 saturated heterocycles. The van der Waals surface area contributed by atoms with Crippen LogP contribution in [0.25, 0.3) is 27.9 Å². The lowest BCUT2D eigenvalue weighted by atomic mass is 10.1. The first-order valence-electron chi connectivity index (χ1n) is 8.94. The minimum Gasteiger partial charge on any atom is -0.342 e. The van der Waals surface area contributed by atoms with E-state index >= 15 is 0 Å². The lowest BCUT2D eigenvalue weighted by molar-refractivity contribution is 0.0795. The van der Waals surface area contributed by atoms with Gasteiger partial charge in [0.15, 0.2) is 0 Å². The van der Waals surface area contributed by atoms with Crippen molar-refractivity contribution in [3.63, 3.8) is 0 Å². The van der Waals surface area contributed by atoms with E-state index in [9.17, 15) is 9.59 Å². The van der Waals surface area contributed by atoms with Crippen LogP contribution in [0.3, 0.4) is 0 Å². The fourth-order valence-electron chi connectivity index (χ4n) is 3.35. The molecule has 1 amide bonds. The van der Waals surface area contributed by atoms with Crippen LogP contribution in [0.4, 0.5) is 0 Å².